The average Bonchev–Trinajstić information content (AvgIpc) is 3.29. The van der Waals surface area contributed by atoms with Crippen LogP contribution in [0.25, 0.3) is 11.4 Å². The minimum atomic E-state index is -0.00604. The molecule has 27 heavy (non-hydrogen) atoms. The van der Waals surface area contributed by atoms with Crippen molar-refractivity contribution in [1.29, 1.82) is 0 Å². The van der Waals surface area contributed by atoms with E-state index in [0.717, 1.165) is 29.2 Å². The number of halogens is 2. The van der Waals surface area contributed by atoms with E-state index in [9.17, 15) is 4.79 Å². The van der Waals surface area contributed by atoms with Gasteiger partial charge in [0.25, 0.3) is 0 Å². The highest BCUT2D eigenvalue weighted by Crippen LogP contribution is 2.33. The predicted octanol–water partition coefficient (Wildman–Crippen LogP) is 3.63. The third kappa shape index (κ3) is 5.41. The smallest absolute Gasteiger partial charge is 0.237 e. The number of hydrogen-bond acceptors (Lipinski definition) is 5. The first-order valence-electron chi connectivity index (χ1n) is 9.19. The van der Waals surface area contributed by atoms with Gasteiger partial charge in [-0.2, -0.15) is 0 Å². The standard InChI is InChI=1S/C19H24N4OS.2ClH/c24-19(16-11-13-5-1-2-6-14(13)22-16)21-10-8-18-23-17(12-25-18)15-7-3-4-9-20-15;;/h3-4,7,9,12-14,16,22H,1-2,5-6,8,10-11H2,(H,21,24);2*1H. The zero-order chi connectivity index (χ0) is 17.1. The Morgan fingerprint density at radius 3 is 2.85 bits per heavy atom. The Balaban J connectivity index is 0.00000131. The van der Waals surface area contributed by atoms with Gasteiger partial charge >= 0.3 is 0 Å². The van der Waals surface area contributed by atoms with Crippen molar-refractivity contribution in [3.8, 4) is 11.4 Å². The molecule has 2 aromatic heterocycles. The maximum Gasteiger partial charge on any atom is 0.237 e. The van der Waals surface area contributed by atoms with Gasteiger partial charge in [-0.3, -0.25) is 9.78 Å². The Bertz CT molecular complexity index is 714. The SMILES string of the molecule is Cl.Cl.O=C(NCCc1nc(-c2ccccn2)cs1)C1CC2CCCCC2N1. The van der Waals surface area contributed by atoms with Crippen molar-refractivity contribution >= 4 is 42.1 Å². The van der Waals surface area contributed by atoms with E-state index in [4.69, 9.17) is 0 Å². The number of amides is 1. The molecule has 0 radical (unpaired) electrons. The third-order valence-electron chi connectivity index (χ3n) is 5.30. The highest BCUT2D eigenvalue weighted by molar-refractivity contribution is 7.09. The molecular formula is C19H26Cl2N4OS. The van der Waals surface area contributed by atoms with Crippen LogP contribution in [0.3, 0.4) is 0 Å². The Labute approximate surface area is 176 Å². The molecule has 3 unspecified atom stereocenters. The van der Waals surface area contributed by atoms with Crippen LogP contribution in [-0.2, 0) is 11.2 Å². The van der Waals surface area contributed by atoms with Gasteiger partial charge in [-0.05, 0) is 37.3 Å². The van der Waals surface area contributed by atoms with Crippen LogP contribution >= 0.6 is 36.2 Å². The molecule has 1 aliphatic heterocycles. The molecule has 3 heterocycles. The van der Waals surface area contributed by atoms with E-state index in [1.807, 2.05) is 23.6 Å². The van der Waals surface area contributed by atoms with Crippen LogP contribution in [0.1, 0.15) is 37.1 Å². The first kappa shape index (κ1) is 22.1. The van der Waals surface area contributed by atoms with E-state index < -0.39 is 0 Å². The molecule has 0 aromatic carbocycles. The van der Waals surface area contributed by atoms with Gasteiger partial charge in [0.2, 0.25) is 5.91 Å². The number of carbonyl (C=O) groups is 1. The quantitative estimate of drug-likeness (QED) is 0.762. The molecule has 2 fully saturated rings. The van der Waals surface area contributed by atoms with Crippen LogP contribution in [0.15, 0.2) is 29.8 Å². The zero-order valence-electron chi connectivity index (χ0n) is 15.1. The molecule has 1 saturated carbocycles. The summed E-state index contributed by atoms with van der Waals surface area (Å²) in [5.41, 5.74) is 1.81. The van der Waals surface area contributed by atoms with Crippen molar-refractivity contribution in [1.82, 2.24) is 20.6 Å². The lowest BCUT2D eigenvalue weighted by Gasteiger charge is -2.24. The number of aromatic nitrogens is 2. The summed E-state index contributed by atoms with van der Waals surface area (Å²) in [7, 11) is 0. The second-order valence-electron chi connectivity index (χ2n) is 6.99. The average molecular weight is 429 g/mol. The van der Waals surface area contributed by atoms with E-state index in [1.54, 1.807) is 17.5 Å². The Morgan fingerprint density at radius 2 is 2.07 bits per heavy atom. The largest absolute Gasteiger partial charge is 0.354 e. The van der Waals surface area contributed by atoms with E-state index in [0.29, 0.717) is 18.5 Å². The summed E-state index contributed by atoms with van der Waals surface area (Å²) in [6, 6.07) is 6.39. The second kappa shape index (κ2) is 10.4. The number of carbonyl (C=O) groups excluding carboxylic acids is 1. The summed E-state index contributed by atoms with van der Waals surface area (Å²) in [5.74, 6) is 0.847. The van der Waals surface area contributed by atoms with Gasteiger partial charge in [-0.1, -0.05) is 18.9 Å². The highest BCUT2D eigenvalue weighted by Gasteiger charge is 2.37. The summed E-state index contributed by atoms with van der Waals surface area (Å²) in [4.78, 5) is 21.4. The van der Waals surface area contributed by atoms with E-state index in [1.165, 1.54) is 25.7 Å². The van der Waals surface area contributed by atoms with Gasteiger partial charge in [-0.25, -0.2) is 4.98 Å². The molecule has 8 heteroatoms. The summed E-state index contributed by atoms with van der Waals surface area (Å²) < 4.78 is 0. The monoisotopic (exact) mass is 428 g/mol. The molecule has 2 N–H and O–H groups in total. The molecule has 5 nitrogen and oxygen atoms in total. The van der Waals surface area contributed by atoms with Gasteiger partial charge in [0.15, 0.2) is 0 Å². The fourth-order valence-corrected chi connectivity index (χ4v) is 4.79. The topological polar surface area (TPSA) is 66.9 Å². The lowest BCUT2D eigenvalue weighted by molar-refractivity contribution is -0.122. The normalized spacial score (nSPS) is 23.6. The van der Waals surface area contributed by atoms with Gasteiger partial charge in [0, 0.05) is 30.6 Å². The Hall–Kier alpha value is -1.21. The van der Waals surface area contributed by atoms with Crippen LogP contribution in [0.4, 0.5) is 0 Å². The van der Waals surface area contributed by atoms with E-state index in [2.05, 4.69) is 20.6 Å². The predicted molar refractivity (Wildman–Crippen MR) is 114 cm³/mol. The number of pyridine rings is 1. The number of nitrogens with one attached hydrogen (secondary N) is 2. The molecule has 148 valence electrons. The number of hydrogen-bond donors (Lipinski definition) is 2. The van der Waals surface area contributed by atoms with Gasteiger partial charge < -0.3 is 10.6 Å². The van der Waals surface area contributed by atoms with Crippen LogP contribution < -0.4 is 10.6 Å². The molecule has 2 aromatic rings. The van der Waals surface area contributed by atoms with Crippen molar-refractivity contribution in [2.75, 3.05) is 6.54 Å². The molecule has 1 saturated heterocycles. The van der Waals surface area contributed by atoms with Crippen molar-refractivity contribution in [2.24, 2.45) is 5.92 Å². The van der Waals surface area contributed by atoms with Crippen molar-refractivity contribution in [3.63, 3.8) is 0 Å². The molecule has 2 aliphatic rings. The molecule has 1 amide bonds. The zero-order valence-corrected chi connectivity index (χ0v) is 17.5. The summed E-state index contributed by atoms with van der Waals surface area (Å²) in [6.07, 6.45) is 8.66. The van der Waals surface area contributed by atoms with Crippen molar-refractivity contribution < 1.29 is 4.79 Å². The summed E-state index contributed by atoms with van der Waals surface area (Å²) in [6.45, 7) is 0.640. The number of rotatable bonds is 5. The van der Waals surface area contributed by atoms with Gasteiger partial charge in [0.1, 0.15) is 0 Å². The maximum absolute atomic E-state index is 12.4. The van der Waals surface area contributed by atoms with Crippen LogP contribution in [0.2, 0.25) is 0 Å². The molecule has 0 spiro atoms. The maximum atomic E-state index is 12.4. The molecule has 0 bridgehead atoms. The molecule has 4 rings (SSSR count). The number of fused-ring (bicyclic) bond motifs is 1. The van der Waals surface area contributed by atoms with Crippen molar-refractivity contribution in [3.05, 3.63) is 34.8 Å². The third-order valence-corrected chi connectivity index (χ3v) is 6.21. The summed E-state index contributed by atoms with van der Waals surface area (Å²) in [5, 5.41) is 9.68. The second-order valence-corrected chi connectivity index (χ2v) is 7.93. The van der Waals surface area contributed by atoms with E-state index in [-0.39, 0.29) is 36.8 Å². The van der Waals surface area contributed by atoms with Crippen molar-refractivity contribution in [2.45, 2.75) is 50.6 Å². The van der Waals surface area contributed by atoms with E-state index >= 15 is 0 Å². The van der Waals surface area contributed by atoms with Gasteiger partial charge in [0.05, 0.1) is 22.4 Å². The van der Waals surface area contributed by atoms with Gasteiger partial charge in [-0.15, -0.1) is 36.2 Å². The molecule has 3 atom stereocenters. The highest BCUT2D eigenvalue weighted by atomic mass is 35.5. The number of nitrogens with zero attached hydrogens (tertiary/aromatic N) is 2. The lowest BCUT2D eigenvalue weighted by Crippen LogP contribution is -2.43. The first-order chi connectivity index (χ1) is 12.3. The number of thiazole rings is 1. The lowest BCUT2D eigenvalue weighted by atomic mass is 9.85. The van der Waals surface area contributed by atoms with Crippen LogP contribution in [-0.4, -0.2) is 34.5 Å². The Morgan fingerprint density at radius 1 is 1.22 bits per heavy atom. The molecular weight excluding hydrogens is 403 g/mol. The van der Waals surface area contributed by atoms with Crippen LogP contribution in [0, 0.1) is 5.92 Å². The minimum Gasteiger partial charge on any atom is -0.354 e. The first-order valence-corrected chi connectivity index (χ1v) is 10.1. The fraction of sp³-hybridized carbons (Fsp3) is 0.526. The Kier molecular flexibility index (Phi) is 8.48. The fourth-order valence-electron chi connectivity index (χ4n) is 3.99. The molecule has 1 aliphatic carbocycles. The van der Waals surface area contributed by atoms with Crippen LogP contribution in [0.5, 0.6) is 0 Å². The minimum absolute atomic E-state index is 0. The summed E-state index contributed by atoms with van der Waals surface area (Å²) >= 11 is 1.63.